The van der Waals surface area contributed by atoms with Gasteiger partial charge in [0, 0.05) is 44.6 Å². The second-order valence-electron chi connectivity index (χ2n) is 8.32. The number of amides is 2. The lowest BCUT2D eigenvalue weighted by Gasteiger charge is -2.35. The Morgan fingerprint density at radius 2 is 1.69 bits per heavy atom. The third kappa shape index (κ3) is 5.36. The van der Waals surface area contributed by atoms with E-state index in [4.69, 9.17) is 0 Å². The molecule has 2 aliphatic rings. The van der Waals surface area contributed by atoms with Gasteiger partial charge in [-0.05, 0) is 48.9 Å². The zero-order valence-corrected chi connectivity index (χ0v) is 17.2. The summed E-state index contributed by atoms with van der Waals surface area (Å²) in [5, 5.41) is 3.35. The highest BCUT2D eigenvalue weighted by molar-refractivity contribution is 5.75. The monoisotopic (exact) mass is 392 g/mol. The largest absolute Gasteiger partial charge is 0.335 e. The fraction of sp³-hybridized carbons (Fsp3) is 0.500. The van der Waals surface area contributed by atoms with Crippen LogP contribution in [-0.4, -0.2) is 46.5 Å². The van der Waals surface area contributed by atoms with Crippen LogP contribution in [0.15, 0.2) is 54.9 Å². The Hall–Kier alpha value is -2.40. The standard InChI is InChI=1S/C24H32N4O/c29-24(28-16-6-2-5-9-23(28)21-10-14-25-15-11-21)26-22-12-17-27(18-13-22)19-20-7-3-1-4-8-20/h1,3-4,7-8,10-11,14-15,22-23H,2,5-6,9,12-13,16-19H2,(H,26,29). The number of hydrogen-bond acceptors (Lipinski definition) is 3. The summed E-state index contributed by atoms with van der Waals surface area (Å²) >= 11 is 0. The number of carbonyl (C=O) groups is 1. The number of hydrogen-bond donors (Lipinski definition) is 1. The van der Waals surface area contributed by atoms with Crippen molar-refractivity contribution in [2.45, 2.75) is 57.2 Å². The van der Waals surface area contributed by atoms with E-state index in [0.717, 1.165) is 51.9 Å². The number of benzene rings is 1. The fourth-order valence-corrected chi connectivity index (χ4v) is 4.62. The molecule has 2 fully saturated rings. The SMILES string of the molecule is O=C(NC1CCN(Cc2ccccc2)CC1)N1CCCCCC1c1ccncc1. The van der Waals surface area contributed by atoms with Gasteiger partial charge in [-0.1, -0.05) is 43.2 Å². The van der Waals surface area contributed by atoms with Gasteiger partial charge in [-0.3, -0.25) is 9.88 Å². The van der Waals surface area contributed by atoms with Crippen LogP contribution in [0.3, 0.4) is 0 Å². The van der Waals surface area contributed by atoms with E-state index in [2.05, 4.69) is 62.6 Å². The molecule has 2 aliphatic heterocycles. The maximum atomic E-state index is 13.2. The number of urea groups is 1. The molecule has 1 aromatic carbocycles. The van der Waals surface area contributed by atoms with Crippen LogP contribution < -0.4 is 5.32 Å². The first-order valence-electron chi connectivity index (χ1n) is 11.0. The molecular weight excluding hydrogens is 360 g/mol. The average molecular weight is 393 g/mol. The molecule has 1 atom stereocenters. The number of carbonyl (C=O) groups excluding carboxylic acids is 1. The summed E-state index contributed by atoms with van der Waals surface area (Å²) in [5.74, 6) is 0. The molecule has 0 saturated carbocycles. The molecule has 0 radical (unpaired) electrons. The van der Waals surface area contributed by atoms with Gasteiger partial charge in [-0.15, -0.1) is 0 Å². The van der Waals surface area contributed by atoms with E-state index in [1.165, 1.54) is 24.0 Å². The fourth-order valence-electron chi connectivity index (χ4n) is 4.62. The Balaban J connectivity index is 1.32. The maximum absolute atomic E-state index is 13.2. The van der Waals surface area contributed by atoms with Gasteiger partial charge in [0.05, 0.1) is 6.04 Å². The third-order valence-electron chi connectivity index (χ3n) is 6.27. The third-order valence-corrected chi connectivity index (χ3v) is 6.27. The van der Waals surface area contributed by atoms with Crippen LogP contribution in [0, 0.1) is 0 Å². The van der Waals surface area contributed by atoms with E-state index in [1.807, 2.05) is 12.4 Å². The van der Waals surface area contributed by atoms with Crippen molar-refractivity contribution in [3.8, 4) is 0 Å². The maximum Gasteiger partial charge on any atom is 0.318 e. The van der Waals surface area contributed by atoms with Crippen LogP contribution in [0.25, 0.3) is 0 Å². The smallest absolute Gasteiger partial charge is 0.318 e. The number of nitrogens with zero attached hydrogens (tertiary/aromatic N) is 3. The molecule has 2 saturated heterocycles. The molecule has 0 aliphatic carbocycles. The zero-order valence-electron chi connectivity index (χ0n) is 17.2. The van der Waals surface area contributed by atoms with Crippen LogP contribution in [0.4, 0.5) is 4.79 Å². The van der Waals surface area contributed by atoms with E-state index in [9.17, 15) is 4.79 Å². The second kappa shape index (κ2) is 9.88. The van der Waals surface area contributed by atoms with Gasteiger partial charge in [0.1, 0.15) is 0 Å². The molecule has 0 bridgehead atoms. The number of aromatic nitrogens is 1. The normalized spacial score (nSPS) is 21.5. The topological polar surface area (TPSA) is 48.5 Å². The lowest BCUT2D eigenvalue weighted by Crippen LogP contribution is -2.50. The van der Waals surface area contributed by atoms with Gasteiger partial charge in [-0.25, -0.2) is 4.79 Å². The van der Waals surface area contributed by atoms with E-state index < -0.39 is 0 Å². The van der Waals surface area contributed by atoms with E-state index in [0.29, 0.717) is 0 Å². The number of piperidine rings is 1. The highest BCUT2D eigenvalue weighted by Crippen LogP contribution is 2.30. The molecular formula is C24H32N4O. The lowest BCUT2D eigenvalue weighted by atomic mass is 10.0. The summed E-state index contributed by atoms with van der Waals surface area (Å²) in [7, 11) is 0. The minimum absolute atomic E-state index is 0.107. The van der Waals surface area contributed by atoms with Crippen molar-refractivity contribution >= 4 is 6.03 Å². The van der Waals surface area contributed by atoms with Gasteiger partial charge in [0.2, 0.25) is 0 Å². The molecule has 2 aromatic rings. The Kier molecular flexibility index (Phi) is 6.78. The number of rotatable bonds is 4. The van der Waals surface area contributed by atoms with Crippen molar-refractivity contribution in [1.29, 1.82) is 0 Å². The van der Waals surface area contributed by atoms with Gasteiger partial charge in [-0.2, -0.15) is 0 Å². The molecule has 1 N–H and O–H groups in total. The molecule has 3 heterocycles. The Bertz CT molecular complexity index is 759. The minimum atomic E-state index is 0.107. The van der Waals surface area contributed by atoms with Crippen LogP contribution in [0.1, 0.15) is 55.7 Å². The summed E-state index contributed by atoms with van der Waals surface area (Å²) < 4.78 is 0. The predicted octanol–water partition coefficient (Wildman–Crippen LogP) is 4.37. The molecule has 29 heavy (non-hydrogen) atoms. The van der Waals surface area contributed by atoms with Crippen molar-refractivity contribution < 1.29 is 4.79 Å². The van der Waals surface area contributed by atoms with Crippen molar-refractivity contribution in [3.05, 3.63) is 66.0 Å². The highest BCUT2D eigenvalue weighted by atomic mass is 16.2. The van der Waals surface area contributed by atoms with Gasteiger partial charge in [0.25, 0.3) is 0 Å². The number of likely N-dealkylation sites (tertiary alicyclic amines) is 2. The highest BCUT2D eigenvalue weighted by Gasteiger charge is 2.29. The van der Waals surface area contributed by atoms with E-state index in [-0.39, 0.29) is 18.1 Å². The first kappa shape index (κ1) is 19.9. The van der Waals surface area contributed by atoms with Crippen LogP contribution in [0.5, 0.6) is 0 Å². The number of pyridine rings is 1. The van der Waals surface area contributed by atoms with Gasteiger partial charge < -0.3 is 10.2 Å². The molecule has 0 spiro atoms. The predicted molar refractivity (Wildman–Crippen MR) is 115 cm³/mol. The summed E-state index contributed by atoms with van der Waals surface area (Å²) in [4.78, 5) is 21.9. The van der Waals surface area contributed by atoms with Crippen molar-refractivity contribution in [3.63, 3.8) is 0 Å². The second-order valence-corrected chi connectivity index (χ2v) is 8.32. The first-order valence-corrected chi connectivity index (χ1v) is 11.0. The average Bonchev–Trinajstić information content (AvgIpc) is 3.03. The Labute approximate surface area is 174 Å². The zero-order chi connectivity index (χ0) is 19.9. The Morgan fingerprint density at radius 3 is 2.45 bits per heavy atom. The van der Waals surface area contributed by atoms with Crippen molar-refractivity contribution in [2.75, 3.05) is 19.6 Å². The molecule has 5 heteroatoms. The minimum Gasteiger partial charge on any atom is -0.335 e. The lowest BCUT2D eigenvalue weighted by molar-refractivity contribution is 0.155. The first-order chi connectivity index (χ1) is 14.3. The molecule has 5 nitrogen and oxygen atoms in total. The summed E-state index contributed by atoms with van der Waals surface area (Å²) in [6.07, 6.45) is 10.2. The van der Waals surface area contributed by atoms with E-state index in [1.54, 1.807) is 0 Å². The molecule has 1 aromatic heterocycles. The number of nitrogens with one attached hydrogen (secondary N) is 1. The van der Waals surface area contributed by atoms with Crippen molar-refractivity contribution in [1.82, 2.24) is 20.1 Å². The van der Waals surface area contributed by atoms with Crippen LogP contribution >= 0.6 is 0 Å². The molecule has 154 valence electrons. The van der Waals surface area contributed by atoms with Gasteiger partial charge in [0.15, 0.2) is 0 Å². The molecule has 4 rings (SSSR count). The van der Waals surface area contributed by atoms with Crippen LogP contribution in [-0.2, 0) is 6.54 Å². The van der Waals surface area contributed by atoms with E-state index >= 15 is 0 Å². The van der Waals surface area contributed by atoms with Crippen molar-refractivity contribution in [2.24, 2.45) is 0 Å². The summed E-state index contributed by atoms with van der Waals surface area (Å²) in [6, 6.07) is 15.3. The molecule has 2 amide bonds. The summed E-state index contributed by atoms with van der Waals surface area (Å²) in [5.41, 5.74) is 2.56. The van der Waals surface area contributed by atoms with Crippen LogP contribution in [0.2, 0.25) is 0 Å². The van der Waals surface area contributed by atoms with Gasteiger partial charge >= 0.3 is 6.03 Å². The Morgan fingerprint density at radius 1 is 0.931 bits per heavy atom. The summed E-state index contributed by atoms with van der Waals surface area (Å²) in [6.45, 7) is 3.91. The molecule has 1 unspecified atom stereocenters. The quantitative estimate of drug-likeness (QED) is 0.840.